The third-order valence-electron chi connectivity index (χ3n) is 3.58. The predicted octanol–water partition coefficient (Wildman–Crippen LogP) is 0.847. The number of benzene rings is 1. The van der Waals surface area contributed by atoms with E-state index >= 15 is 0 Å². The van der Waals surface area contributed by atoms with Gasteiger partial charge in [-0.25, -0.2) is 0 Å². The number of hydrogen-bond donors (Lipinski definition) is 3. The number of carbonyl (C=O) groups is 1. The molecule has 2 rings (SSSR count). The maximum Gasteiger partial charge on any atom is 0.251 e. The maximum absolute atomic E-state index is 12.0. The summed E-state index contributed by atoms with van der Waals surface area (Å²) in [5.41, 5.74) is 6.73. The van der Waals surface area contributed by atoms with E-state index in [-0.39, 0.29) is 18.6 Å². The molecule has 0 bridgehead atoms. The topological polar surface area (TPSA) is 84.6 Å². The van der Waals surface area contributed by atoms with E-state index in [9.17, 15) is 9.90 Å². The molecule has 2 unspecified atom stereocenters. The van der Waals surface area contributed by atoms with Gasteiger partial charge in [-0.1, -0.05) is 0 Å². The maximum atomic E-state index is 12.0. The van der Waals surface area contributed by atoms with Crippen molar-refractivity contribution in [1.82, 2.24) is 5.32 Å². The van der Waals surface area contributed by atoms with Gasteiger partial charge in [-0.3, -0.25) is 4.79 Å². The van der Waals surface area contributed by atoms with E-state index < -0.39 is 5.60 Å². The molecule has 0 aromatic heterocycles. The van der Waals surface area contributed by atoms with Gasteiger partial charge in [-0.2, -0.15) is 0 Å². The molecule has 5 heteroatoms. The van der Waals surface area contributed by atoms with Gasteiger partial charge >= 0.3 is 0 Å². The lowest BCUT2D eigenvalue weighted by molar-refractivity contribution is -0.0251. The van der Waals surface area contributed by atoms with Crippen molar-refractivity contribution >= 4 is 11.6 Å². The number of nitrogens with one attached hydrogen (secondary N) is 1. The second kappa shape index (κ2) is 5.19. The number of nitrogen functional groups attached to an aromatic ring is 1. The molecular weight excluding hydrogens is 244 g/mol. The molecule has 0 spiro atoms. The minimum Gasteiger partial charge on any atom is -0.399 e. The summed E-state index contributed by atoms with van der Waals surface area (Å²) in [5.74, 6) is -0.233. The normalized spacial score (nSPS) is 26.4. The van der Waals surface area contributed by atoms with Crippen LogP contribution in [-0.2, 0) is 4.74 Å². The predicted molar refractivity (Wildman–Crippen MR) is 72.9 cm³/mol. The van der Waals surface area contributed by atoms with Crippen molar-refractivity contribution in [3.8, 4) is 0 Å². The minimum atomic E-state index is -0.981. The number of anilines is 1. The third kappa shape index (κ3) is 3.05. The van der Waals surface area contributed by atoms with Crippen LogP contribution < -0.4 is 11.1 Å². The molecule has 1 aliphatic heterocycles. The van der Waals surface area contributed by atoms with Gasteiger partial charge in [0.15, 0.2) is 0 Å². The number of amides is 1. The van der Waals surface area contributed by atoms with E-state index in [1.165, 1.54) is 0 Å². The molecule has 104 valence electrons. The number of aliphatic hydroxyl groups is 1. The van der Waals surface area contributed by atoms with Crippen molar-refractivity contribution in [1.29, 1.82) is 0 Å². The molecule has 1 amide bonds. The van der Waals surface area contributed by atoms with Crippen LogP contribution in [0.1, 0.15) is 29.3 Å². The van der Waals surface area contributed by atoms with Crippen LogP contribution in [0.25, 0.3) is 0 Å². The lowest BCUT2D eigenvalue weighted by atomic mass is 9.96. The smallest absolute Gasteiger partial charge is 0.251 e. The summed E-state index contributed by atoms with van der Waals surface area (Å²) in [5, 5.41) is 13.0. The lowest BCUT2D eigenvalue weighted by Crippen LogP contribution is -2.47. The number of carbonyl (C=O) groups excluding carboxylic acids is 1. The highest BCUT2D eigenvalue weighted by Crippen LogP contribution is 2.24. The highest BCUT2D eigenvalue weighted by atomic mass is 16.5. The summed E-state index contributed by atoms with van der Waals surface area (Å²) in [6.07, 6.45) is 0.264. The quantitative estimate of drug-likeness (QED) is 0.706. The van der Waals surface area contributed by atoms with Gasteiger partial charge in [-0.15, -0.1) is 0 Å². The van der Waals surface area contributed by atoms with Crippen LogP contribution in [0.5, 0.6) is 0 Å². The molecule has 2 atom stereocenters. The molecule has 0 aliphatic carbocycles. The van der Waals surface area contributed by atoms with Crippen LogP contribution in [-0.4, -0.2) is 35.9 Å². The van der Waals surface area contributed by atoms with Gasteiger partial charge < -0.3 is 20.9 Å². The van der Waals surface area contributed by atoms with Crippen LogP contribution >= 0.6 is 0 Å². The van der Waals surface area contributed by atoms with Crippen LogP contribution in [0.2, 0.25) is 0 Å². The van der Waals surface area contributed by atoms with Gasteiger partial charge in [0.25, 0.3) is 5.91 Å². The van der Waals surface area contributed by atoms with Crippen LogP contribution in [0.4, 0.5) is 5.69 Å². The zero-order chi connectivity index (χ0) is 14.0. The van der Waals surface area contributed by atoms with Crippen molar-refractivity contribution in [2.45, 2.75) is 32.0 Å². The van der Waals surface area contributed by atoms with Gasteiger partial charge in [0.1, 0.15) is 5.60 Å². The van der Waals surface area contributed by atoms with Gasteiger partial charge in [0.05, 0.1) is 6.10 Å². The zero-order valence-electron chi connectivity index (χ0n) is 11.3. The molecule has 1 aliphatic rings. The van der Waals surface area contributed by atoms with E-state index in [1.807, 2.05) is 13.8 Å². The van der Waals surface area contributed by atoms with Crippen molar-refractivity contribution < 1.29 is 14.6 Å². The highest BCUT2D eigenvalue weighted by Gasteiger charge is 2.39. The first-order valence-electron chi connectivity index (χ1n) is 6.40. The Balaban J connectivity index is 2.01. The number of ether oxygens (including phenoxy) is 1. The zero-order valence-corrected chi connectivity index (χ0v) is 11.3. The molecule has 1 heterocycles. The molecule has 0 saturated carbocycles. The monoisotopic (exact) mass is 264 g/mol. The summed E-state index contributed by atoms with van der Waals surface area (Å²) >= 11 is 0. The average Bonchev–Trinajstić information content (AvgIpc) is 2.66. The molecule has 1 fully saturated rings. The first-order valence-corrected chi connectivity index (χ1v) is 6.40. The van der Waals surface area contributed by atoms with Crippen molar-refractivity contribution in [2.75, 3.05) is 18.9 Å². The Morgan fingerprint density at radius 1 is 1.58 bits per heavy atom. The third-order valence-corrected chi connectivity index (χ3v) is 3.58. The fraction of sp³-hybridized carbons (Fsp3) is 0.500. The summed E-state index contributed by atoms with van der Waals surface area (Å²) in [4.78, 5) is 12.0. The minimum absolute atomic E-state index is 0.181. The molecule has 1 aromatic carbocycles. The molecule has 5 nitrogen and oxygen atoms in total. The van der Waals surface area contributed by atoms with Crippen LogP contribution in [0.15, 0.2) is 18.2 Å². The molecular formula is C14H20N2O3. The van der Waals surface area contributed by atoms with Crippen LogP contribution in [0.3, 0.4) is 0 Å². The number of rotatable bonds is 3. The summed E-state index contributed by atoms with van der Waals surface area (Å²) in [6.45, 7) is 4.39. The van der Waals surface area contributed by atoms with Gasteiger partial charge in [0.2, 0.25) is 0 Å². The number of aryl methyl sites for hydroxylation is 1. The number of hydrogen-bond acceptors (Lipinski definition) is 4. The Kier molecular flexibility index (Phi) is 3.78. The molecule has 1 saturated heterocycles. The lowest BCUT2D eigenvalue weighted by Gasteiger charge is -2.26. The number of nitrogens with two attached hydrogens (primary N) is 1. The van der Waals surface area contributed by atoms with Crippen molar-refractivity contribution in [3.63, 3.8) is 0 Å². The van der Waals surface area contributed by atoms with Gasteiger partial charge in [0, 0.05) is 30.8 Å². The van der Waals surface area contributed by atoms with E-state index in [0.29, 0.717) is 24.3 Å². The molecule has 1 aromatic rings. The Hall–Kier alpha value is -1.59. The van der Waals surface area contributed by atoms with Crippen molar-refractivity contribution in [3.05, 3.63) is 29.3 Å². The first-order chi connectivity index (χ1) is 8.90. The fourth-order valence-corrected chi connectivity index (χ4v) is 2.28. The Labute approximate surface area is 112 Å². The van der Waals surface area contributed by atoms with Gasteiger partial charge in [-0.05, 0) is 37.6 Å². The van der Waals surface area contributed by atoms with E-state index in [0.717, 1.165) is 5.56 Å². The summed E-state index contributed by atoms with van der Waals surface area (Å²) < 4.78 is 5.32. The van der Waals surface area contributed by atoms with E-state index in [2.05, 4.69) is 5.32 Å². The Morgan fingerprint density at radius 3 is 2.89 bits per heavy atom. The average molecular weight is 264 g/mol. The SMILES string of the molecule is Cc1cc(N)cc(C(=O)NCC2(O)CCOC2C)c1. The summed E-state index contributed by atoms with van der Waals surface area (Å²) in [7, 11) is 0. The van der Waals surface area contributed by atoms with Crippen LogP contribution in [0, 0.1) is 6.92 Å². The molecule has 0 radical (unpaired) electrons. The highest BCUT2D eigenvalue weighted by molar-refractivity contribution is 5.95. The second-order valence-electron chi connectivity index (χ2n) is 5.18. The Morgan fingerprint density at radius 2 is 2.32 bits per heavy atom. The Bertz CT molecular complexity index is 469. The first kappa shape index (κ1) is 13.8. The standard InChI is InChI=1S/C14H20N2O3/c1-9-5-11(7-12(15)6-9)13(17)16-8-14(18)3-4-19-10(14)2/h5-7,10,18H,3-4,8,15H2,1-2H3,(H,16,17). The second-order valence-corrected chi connectivity index (χ2v) is 5.18. The van der Waals surface area contributed by atoms with E-state index in [4.69, 9.17) is 10.5 Å². The van der Waals surface area contributed by atoms with Crippen molar-refractivity contribution in [2.24, 2.45) is 0 Å². The largest absolute Gasteiger partial charge is 0.399 e. The molecule has 19 heavy (non-hydrogen) atoms. The fourth-order valence-electron chi connectivity index (χ4n) is 2.28. The summed E-state index contributed by atoms with van der Waals surface area (Å²) in [6, 6.07) is 5.20. The molecule has 4 N–H and O–H groups in total. The van der Waals surface area contributed by atoms with E-state index in [1.54, 1.807) is 18.2 Å².